The summed E-state index contributed by atoms with van der Waals surface area (Å²) >= 11 is 0. The van der Waals surface area contributed by atoms with E-state index in [1.807, 2.05) is 72.3 Å². The fourth-order valence-electron chi connectivity index (χ4n) is 2.53. The zero-order valence-corrected chi connectivity index (χ0v) is 11.3. The van der Waals surface area contributed by atoms with Gasteiger partial charge in [-0.1, -0.05) is 60.7 Å². The maximum Gasteiger partial charge on any atom is 0.156 e. The summed E-state index contributed by atoms with van der Waals surface area (Å²) in [6.07, 6.45) is 3.41. The average molecular weight is 264 g/mol. The molecule has 3 nitrogen and oxygen atoms in total. The molecule has 0 saturated heterocycles. The third-order valence-corrected chi connectivity index (χ3v) is 3.57. The predicted molar refractivity (Wildman–Crippen MR) is 78.2 cm³/mol. The van der Waals surface area contributed by atoms with Gasteiger partial charge in [0.05, 0.1) is 18.2 Å². The van der Waals surface area contributed by atoms with Gasteiger partial charge in [-0.2, -0.15) is 0 Å². The molecule has 0 aliphatic carbocycles. The highest BCUT2D eigenvalue weighted by atomic mass is 16.3. The van der Waals surface area contributed by atoms with Crippen molar-refractivity contribution in [3.05, 3.63) is 90.0 Å². The van der Waals surface area contributed by atoms with Crippen molar-refractivity contribution in [1.82, 2.24) is 9.55 Å². The van der Waals surface area contributed by atoms with Crippen LogP contribution in [0.15, 0.2) is 73.2 Å². The van der Waals surface area contributed by atoms with E-state index >= 15 is 0 Å². The van der Waals surface area contributed by atoms with Gasteiger partial charge < -0.3 is 9.67 Å². The van der Waals surface area contributed by atoms with Crippen LogP contribution in [0.1, 0.15) is 16.8 Å². The van der Waals surface area contributed by atoms with Crippen LogP contribution in [0.5, 0.6) is 0 Å². The molecule has 0 unspecified atom stereocenters. The van der Waals surface area contributed by atoms with Crippen LogP contribution in [0.3, 0.4) is 0 Å². The molecule has 3 aromatic rings. The molecular formula is C17H16N2O. The second-order valence-corrected chi connectivity index (χ2v) is 4.83. The Balaban J connectivity index is 2.27. The first-order valence-corrected chi connectivity index (χ1v) is 6.53. The topological polar surface area (TPSA) is 38.0 Å². The predicted octanol–water partition coefficient (Wildman–Crippen LogP) is 2.70. The van der Waals surface area contributed by atoms with Crippen LogP contribution in [0, 0.1) is 0 Å². The Bertz CT molecular complexity index is 650. The highest BCUT2D eigenvalue weighted by Gasteiger charge is 2.35. The first kappa shape index (κ1) is 12.6. The van der Waals surface area contributed by atoms with Gasteiger partial charge in [-0.15, -0.1) is 0 Å². The second-order valence-electron chi connectivity index (χ2n) is 4.83. The number of imidazole rings is 1. The summed E-state index contributed by atoms with van der Waals surface area (Å²) in [5, 5.41) is 11.4. The van der Waals surface area contributed by atoms with E-state index in [4.69, 9.17) is 0 Å². The van der Waals surface area contributed by atoms with E-state index in [0.717, 1.165) is 16.8 Å². The molecule has 0 spiro atoms. The SMILES string of the molecule is Cn1cncc1C(O)(c1ccccc1)c1ccccc1. The van der Waals surface area contributed by atoms with Crippen molar-refractivity contribution in [2.75, 3.05) is 0 Å². The first-order chi connectivity index (χ1) is 9.73. The molecule has 2 aromatic carbocycles. The zero-order valence-electron chi connectivity index (χ0n) is 11.3. The summed E-state index contributed by atoms with van der Waals surface area (Å²) < 4.78 is 1.85. The Morgan fingerprint density at radius 1 is 0.900 bits per heavy atom. The van der Waals surface area contributed by atoms with Crippen molar-refractivity contribution < 1.29 is 5.11 Å². The van der Waals surface area contributed by atoms with E-state index in [1.54, 1.807) is 12.5 Å². The normalized spacial score (nSPS) is 11.5. The Labute approximate surface area is 118 Å². The second kappa shape index (κ2) is 4.94. The Morgan fingerprint density at radius 3 is 1.80 bits per heavy atom. The average Bonchev–Trinajstić information content (AvgIpc) is 2.95. The maximum absolute atomic E-state index is 11.4. The molecule has 0 aliphatic heterocycles. The van der Waals surface area contributed by atoms with Crippen LogP contribution in [0.25, 0.3) is 0 Å². The van der Waals surface area contributed by atoms with E-state index in [2.05, 4.69) is 4.98 Å². The van der Waals surface area contributed by atoms with E-state index in [-0.39, 0.29) is 0 Å². The standard InChI is InChI=1S/C17H16N2O/c1-19-13-18-12-16(19)17(20,14-8-4-2-5-9-14)15-10-6-3-7-11-15/h2-13,20H,1H3. The van der Waals surface area contributed by atoms with E-state index in [1.165, 1.54) is 0 Å². The van der Waals surface area contributed by atoms with Crippen molar-refractivity contribution in [2.45, 2.75) is 5.60 Å². The van der Waals surface area contributed by atoms with Gasteiger partial charge in [0, 0.05) is 7.05 Å². The monoisotopic (exact) mass is 264 g/mol. The van der Waals surface area contributed by atoms with Crippen molar-refractivity contribution >= 4 is 0 Å². The minimum atomic E-state index is -1.20. The van der Waals surface area contributed by atoms with Gasteiger partial charge in [0.2, 0.25) is 0 Å². The lowest BCUT2D eigenvalue weighted by Crippen LogP contribution is -2.31. The van der Waals surface area contributed by atoms with Gasteiger partial charge in [0.1, 0.15) is 0 Å². The van der Waals surface area contributed by atoms with Crippen LogP contribution in [-0.2, 0) is 12.6 Å². The molecule has 100 valence electrons. The third kappa shape index (κ3) is 1.92. The minimum Gasteiger partial charge on any atom is -0.374 e. The number of hydrogen-bond acceptors (Lipinski definition) is 2. The molecule has 0 saturated carbocycles. The van der Waals surface area contributed by atoms with E-state index in [0.29, 0.717) is 0 Å². The zero-order chi connectivity index (χ0) is 14.0. The quantitative estimate of drug-likeness (QED) is 0.790. The van der Waals surface area contributed by atoms with Gasteiger partial charge in [0.25, 0.3) is 0 Å². The molecule has 0 aliphatic rings. The Kier molecular flexibility index (Phi) is 3.12. The van der Waals surface area contributed by atoms with Crippen LogP contribution >= 0.6 is 0 Å². The lowest BCUT2D eigenvalue weighted by molar-refractivity contribution is 0.117. The molecular weight excluding hydrogens is 248 g/mol. The summed E-state index contributed by atoms with van der Waals surface area (Å²) in [6.45, 7) is 0. The van der Waals surface area contributed by atoms with Crippen molar-refractivity contribution in [1.29, 1.82) is 0 Å². The number of aryl methyl sites for hydroxylation is 1. The van der Waals surface area contributed by atoms with Gasteiger partial charge in [-0.25, -0.2) is 4.98 Å². The number of nitrogens with zero attached hydrogens (tertiary/aromatic N) is 2. The van der Waals surface area contributed by atoms with Crippen LogP contribution in [0.4, 0.5) is 0 Å². The van der Waals surface area contributed by atoms with Gasteiger partial charge in [-0.05, 0) is 11.1 Å². The molecule has 3 rings (SSSR count). The van der Waals surface area contributed by atoms with Crippen molar-refractivity contribution in [3.63, 3.8) is 0 Å². The molecule has 0 fully saturated rings. The largest absolute Gasteiger partial charge is 0.374 e. The Hall–Kier alpha value is -2.39. The summed E-state index contributed by atoms with van der Waals surface area (Å²) in [5.74, 6) is 0. The number of benzene rings is 2. The van der Waals surface area contributed by atoms with Gasteiger partial charge in [0.15, 0.2) is 5.60 Å². The van der Waals surface area contributed by atoms with Gasteiger partial charge >= 0.3 is 0 Å². The van der Waals surface area contributed by atoms with Crippen LogP contribution in [-0.4, -0.2) is 14.7 Å². The van der Waals surface area contributed by atoms with Crippen molar-refractivity contribution in [3.8, 4) is 0 Å². The number of aliphatic hydroxyl groups is 1. The van der Waals surface area contributed by atoms with Crippen molar-refractivity contribution in [2.24, 2.45) is 7.05 Å². The van der Waals surface area contributed by atoms with Crippen LogP contribution < -0.4 is 0 Å². The lowest BCUT2D eigenvalue weighted by atomic mass is 9.84. The highest BCUT2D eigenvalue weighted by molar-refractivity contribution is 5.44. The smallest absolute Gasteiger partial charge is 0.156 e. The molecule has 1 N–H and O–H groups in total. The van der Waals surface area contributed by atoms with Gasteiger partial charge in [-0.3, -0.25) is 0 Å². The summed E-state index contributed by atoms with van der Waals surface area (Å²) in [4.78, 5) is 4.14. The molecule has 20 heavy (non-hydrogen) atoms. The molecule has 3 heteroatoms. The maximum atomic E-state index is 11.4. The fourth-order valence-corrected chi connectivity index (χ4v) is 2.53. The minimum absolute atomic E-state index is 0.745. The van der Waals surface area contributed by atoms with E-state index < -0.39 is 5.60 Å². The van der Waals surface area contributed by atoms with E-state index in [9.17, 15) is 5.11 Å². The molecule has 0 atom stereocenters. The lowest BCUT2D eigenvalue weighted by Gasteiger charge is -2.29. The molecule has 0 radical (unpaired) electrons. The summed E-state index contributed by atoms with van der Waals surface area (Å²) in [7, 11) is 1.89. The van der Waals surface area contributed by atoms with Crippen LogP contribution in [0.2, 0.25) is 0 Å². The fraction of sp³-hybridized carbons (Fsp3) is 0.118. The molecule has 0 amide bonds. The molecule has 1 heterocycles. The highest BCUT2D eigenvalue weighted by Crippen LogP contribution is 2.35. The summed E-state index contributed by atoms with van der Waals surface area (Å²) in [5.41, 5.74) is 1.20. The Morgan fingerprint density at radius 2 is 1.40 bits per heavy atom. The first-order valence-electron chi connectivity index (χ1n) is 6.53. The number of aromatic nitrogens is 2. The molecule has 1 aromatic heterocycles. The number of rotatable bonds is 3. The number of hydrogen-bond donors (Lipinski definition) is 1. The third-order valence-electron chi connectivity index (χ3n) is 3.57. The summed E-state index contributed by atoms with van der Waals surface area (Å²) in [6, 6.07) is 19.3. The molecule has 0 bridgehead atoms.